The molecular formula is C23H22N2O2. The first-order valence-corrected chi connectivity index (χ1v) is 8.99. The molecule has 0 N–H and O–H groups in total. The van der Waals surface area contributed by atoms with E-state index in [0.717, 1.165) is 34.9 Å². The standard InChI is InChI=1S/C23H22N2O2/c1-17-6-5-7-18(14-17)15-25-22-9-4-3-8-21(22)24-23(25)16-27-20-12-10-19(26-2)11-13-20/h3-14H,15-16H2,1-2H3. The number of para-hydroxylation sites is 2. The SMILES string of the molecule is COc1ccc(OCc2nc3ccccc3n2Cc2cccc(C)c2)cc1. The topological polar surface area (TPSA) is 36.3 Å². The zero-order valence-electron chi connectivity index (χ0n) is 15.6. The highest BCUT2D eigenvalue weighted by molar-refractivity contribution is 5.76. The lowest BCUT2D eigenvalue weighted by Crippen LogP contribution is -2.08. The van der Waals surface area contributed by atoms with Crippen LogP contribution < -0.4 is 9.47 Å². The third-order valence-electron chi connectivity index (χ3n) is 4.58. The molecule has 4 nitrogen and oxygen atoms in total. The third-order valence-corrected chi connectivity index (χ3v) is 4.58. The van der Waals surface area contributed by atoms with Gasteiger partial charge in [0, 0.05) is 6.54 Å². The largest absolute Gasteiger partial charge is 0.497 e. The lowest BCUT2D eigenvalue weighted by Gasteiger charge is -2.11. The molecule has 0 spiro atoms. The van der Waals surface area contributed by atoms with Gasteiger partial charge in [-0.15, -0.1) is 0 Å². The molecular weight excluding hydrogens is 336 g/mol. The maximum absolute atomic E-state index is 5.98. The molecule has 4 aromatic rings. The van der Waals surface area contributed by atoms with Gasteiger partial charge in [0.05, 0.1) is 18.1 Å². The minimum atomic E-state index is 0.410. The van der Waals surface area contributed by atoms with Gasteiger partial charge in [-0.3, -0.25) is 0 Å². The summed E-state index contributed by atoms with van der Waals surface area (Å²) in [5.41, 5.74) is 4.61. The molecule has 27 heavy (non-hydrogen) atoms. The van der Waals surface area contributed by atoms with E-state index in [2.05, 4.69) is 41.8 Å². The highest BCUT2D eigenvalue weighted by Gasteiger charge is 2.12. The van der Waals surface area contributed by atoms with Crippen LogP contribution >= 0.6 is 0 Å². The molecule has 0 saturated carbocycles. The van der Waals surface area contributed by atoms with Gasteiger partial charge < -0.3 is 14.0 Å². The molecule has 0 amide bonds. The molecule has 0 aliphatic carbocycles. The van der Waals surface area contributed by atoms with Crippen molar-refractivity contribution in [2.45, 2.75) is 20.1 Å². The molecule has 3 aromatic carbocycles. The molecule has 1 aromatic heterocycles. The first-order chi connectivity index (χ1) is 13.2. The zero-order chi connectivity index (χ0) is 18.6. The fourth-order valence-electron chi connectivity index (χ4n) is 3.22. The first-order valence-electron chi connectivity index (χ1n) is 8.99. The Balaban J connectivity index is 1.62. The van der Waals surface area contributed by atoms with E-state index < -0.39 is 0 Å². The van der Waals surface area contributed by atoms with E-state index in [1.165, 1.54) is 11.1 Å². The van der Waals surface area contributed by atoms with E-state index in [0.29, 0.717) is 6.61 Å². The summed E-state index contributed by atoms with van der Waals surface area (Å²) in [4.78, 5) is 4.79. The van der Waals surface area contributed by atoms with Gasteiger partial charge in [0.25, 0.3) is 0 Å². The predicted molar refractivity (Wildman–Crippen MR) is 107 cm³/mol. The quantitative estimate of drug-likeness (QED) is 0.488. The van der Waals surface area contributed by atoms with Crippen molar-refractivity contribution in [1.29, 1.82) is 0 Å². The van der Waals surface area contributed by atoms with Crippen LogP contribution in [0.3, 0.4) is 0 Å². The van der Waals surface area contributed by atoms with Crippen molar-refractivity contribution in [3.8, 4) is 11.5 Å². The van der Waals surface area contributed by atoms with Crippen LogP contribution in [0.1, 0.15) is 17.0 Å². The van der Waals surface area contributed by atoms with E-state index >= 15 is 0 Å². The predicted octanol–water partition coefficient (Wildman–Crippen LogP) is 4.98. The fourth-order valence-corrected chi connectivity index (χ4v) is 3.22. The number of benzene rings is 3. The van der Waals surface area contributed by atoms with Crippen molar-refractivity contribution in [2.75, 3.05) is 7.11 Å². The summed E-state index contributed by atoms with van der Waals surface area (Å²) in [6, 6.07) is 24.4. The summed E-state index contributed by atoms with van der Waals surface area (Å²) in [5.74, 6) is 2.52. The van der Waals surface area contributed by atoms with Crippen molar-refractivity contribution < 1.29 is 9.47 Å². The molecule has 136 valence electrons. The molecule has 0 aliphatic rings. The summed E-state index contributed by atoms with van der Waals surface area (Å²) < 4.78 is 13.4. The normalized spacial score (nSPS) is 10.9. The van der Waals surface area contributed by atoms with Crippen molar-refractivity contribution in [1.82, 2.24) is 9.55 Å². The Morgan fingerprint density at radius 1 is 0.889 bits per heavy atom. The molecule has 0 unspecified atom stereocenters. The number of imidazole rings is 1. The van der Waals surface area contributed by atoms with E-state index in [1.807, 2.05) is 42.5 Å². The first kappa shape index (κ1) is 17.2. The van der Waals surface area contributed by atoms with Gasteiger partial charge in [-0.2, -0.15) is 0 Å². The van der Waals surface area contributed by atoms with Crippen LogP contribution in [0, 0.1) is 6.92 Å². The van der Waals surface area contributed by atoms with E-state index in [4.69, 9.17) is 14.5 Å². The van der Waals surface area contributed by atoms with Crippen molar-refractivity contribution in [3.05, 3.63) is 89.7 Å². The molecule has 0 fully saturated rings. The maximum Gasteiger partial charge on any atom is 0.148 e. The van der Waals surface area contributed by atoms with Crippen LogP contribution in [0.5, 0.6) is 11.5 Å². The van der Waals surface area contributed by atoms with Crippen molar-refractivity contribution in [3.63, 3.8) is 0 Å². The van der Waals surface area contributed by atoms with Gasteiger partial charge in [-0.05, 0) is 48.9 Å². The Morgan fingerprint density at radius 2 is 1.67 bits per heavy atom. The summed E-state index contributed by atoms with van der Waals surface area (Å²) in [6.45, 7) is 3.29. The summed E-state index contributed by atoms with van der Waals surface area (Å²) in [5, 5.41) is 0. The highest BCUT2D eigenvalue weighted by Crippen LogP contribution is 2.21. The van der Waals surface area contributed by atoms with E-state index in [1.54, 1.807) is 7.11 Å². The van der Waals surface area contributed by atoms with Gasteiger partial charge in [0.2, 0.25) is 0 Å². The van der Waals surface area contributed by atoms with Crippen molar-refractivity contribution in [2.24, 2.45) is 0 Å². The van der Waals surface area contributed by atoms with Gasteiger partial charge in [-0.1, -0.05) is 42.0 Å². The number of rotatable bonds is 6. The Kier molecular flexibility index (Phi) is 4.79. The third kappa shape index (κ3) is 3.80. The van der Waals surface area contributed by atoms with Gasteiger partial charge >= 0.3 is 0 Å². The Labute approximate surface area is 159 Å². The number of aryl methyl sites for hydroxylation is 1. The molecule has 0 atom stereocenters. The fraction of sp³-hybridized carbons (Fsp3) is 0.174. The molecule has 4 rings (SSSR count). The smallest absolute Gasteiger partial charge is 0.148 e. The number of aromatic nitrogens is 2. The van der Waals surface area contributed by atoms with Gasteiger partial charge in [-0.25, -0.2) is 4.98 Å². The lowest BCUT2D eigenvalue weighted by molar-refractivity contribution is 0.290. The average molecular weight is 358 g/mol. The van der Waals surface area contributed by atoms with Crippen LogP contribution in [0.2, 0.25) is 0 Å². The van der Waals surface area contributed by atoms with Crippen LogP contribution in [0.4, 0.5) is 0 Å². The van der Waals surface area contributed by atoms with Gasteiger partial charge in [0.15, 0.2) is 0 Å². The highest BCUT2D eigenvalue weighted by atomic mass is 16.5. The monoisotopic (exact) mass is 358 g/mol. The molecule has 1 heterocycles. The van der Waals surface area contributed by atoms with Crippen LogP contribution in [-0.4, -0.2) is 16.7 Å². The van der Waals surface area contributed by atoms with Crippen molar-refractivity contribution >= 4 is 11.0 Å². The number of methoxy groups -OCH3 is 1. The van der Waals surface area contributed by atoms with Crippen LogP contribution in [-0.2, 0) is 13.2 Å². The summed E-state index contributed by atoms with van der Waals surface area (Å²) in [7, 11) is 1.66. The summed E-state index contributed by atoms with van der Waals surface area (Å²) >= 11 is 0. The molecule has 0 bridgehead atoms. The minimum absolute atomic E-state index is 0.410. The lowest BCUT2D eigenvalue weighted by atomic mass is 10.1. The molecule has 0 radical (unpaired) electrons. The number of ether oxygens (including phenoxy) is 2. The molecule has 0 saturated heterocycles. The molecule has 0 aliphatic heterocycles. The van der Waals surface area contributed by atoms with E-state index in [-0.39, 0.29) is 0 Å². The number of nitrogens with zero attached hydrogens (tertiary/aromatic N) is 2. The number of hydrogen-bond donors (Lipinski definition) is 0. The Bertz CT molecular complexity index is 1050. The zero-order valence-corrected chi connectivity index (χ0v) is 15.6. The molecule has 4 heteroatoms. The number of fused-ring (bicyclic) bond motifs is 1. The maximum atomic E-state index is 5.98. The minimum Gasteiger partial charge on any atom is -0.497 e. The second kappa shape index (κ2) is 7.54. The second-order valence-electron chi connectivity index (χ2n) is 6.56. The van der Waals surface area contributed by atoms with Gasteiger partial charge in [0.1, 0.15) is 23.9 Å². The summed E-state index contributed by atoms with van der Waals surface area (Å²) in [6.07, 6.45) is 0. The Hall–Kier alpha value is -3.27. The Morgan fingerprint density at radius 3 is 2.44 bits per heavy atom. The second-order valence-corrected chi connectivity index (χ2v) is 6.56. The van der Waals surface area contributed by atoms with Crippen LogP contribution in [0.25, 0.3) is 11.0 Å². The number of hydrogen-bond acceptors (Lipinski definition) is 3. The van der Waals surface area contributed by atoms with E-state index in [9.17, 15) is 0 Å². The van der Waals surface area contributed by atoms with Crippen LogP contribution in [0.15, 0.2) is 72.8 Å². The average Bonchev–Trinajstić information content (AvgIpc) is 3.04.